The number of rotatable bonds is 5. The number of nitrogens with one attached hydrogen (secondary N) is 1. The van der Waals surface area contributed by atoms with Gasteiger partial charge in [-0.15, -0.1) is 0 Å². The molecule has 2 rings (SSSR count). The Bertz CT molecular complexity index is 471. The molecule has 0 radical (unpaired) electrons. The smallest absolute Gasteiger partial charge is 0.254 e. The molecular formula is C15H29NO2Si2. The van der Waals surface area contributed by atoms with Gasteiger partial charge in [-0.3, -0.25) is 0 Å². The lowest BCUT2D eigenvalue weighted by atomic mass is 10.1. The van der Waals surface area contributed by atoms with E-state index >= 15 is 0 Å². The van der Waals surface area contributed by atoms with E-state index in [0.717, 1.165) is 6.61 Å². The first kappa shape index (κ1) is 16.0. The van der Waals surface area contributed by atoms with E-state index in [1.54, 1.807) is 0 Å². The zero-order chi connectivity index (χ0) is 15.3. The highest BCUT2D eigenvalue weighted by Gasteiger charge is 2.61. The van der Waals surface area contributed by atoms with E-state index in [2.05, 4.69) is 65.3 Å². The van der Waals surface area contributed by atoms with Gasteiger partial charge < -0.3 is 14.2 Å². The minimum Gasteiger partial charge on any atom is -0.408 e. The molecule has 0 spiro atoms. The predicted molar refractivity (Wildman–Crippen MR) is 89.5 cm³/mol. The molecule has 1 aliphatic heterocycles. The van der Waals surface area contributed by atoms with Gasteiger partial charge >= 0.3 is 0 Å². The predicted octanol–water partition coefficient (Wildman–Crippen LogP) is 3.49. The summed E-state index contributed by atoms with van der Waals surface area (Å²) in [5.74, 6) is 0. The van der Waals surface area contributed by atoms with Crippen molar-refractivity contribution in [1.82, 2.24) is 5.32 Å². The van der Waals surface area contributed by atoms with Crippen LogP contribution in [0, 0.1) is 0 Å². The Morgan fingerprint density at radius 1 is 1.30 bits per heavy atom. The lowest BCUT2D eigenvalue weighted by molar-refractivity contribution is 0.258. The molecule has 1 fully saturated rings. The molecule has 3 nitrogen and oxygen atoms in total. The van der Waals surface area contributed by atoms with Gasteiger partial charge in [-0.25, -0.2) is 0 Å². The number of hydrogen-bond acceptors (Lipinski definition) is 3. The maximum Gasteiger partial charge on any atom is 0.254 e. The molecule has 2 unspecified atom stereocenters. The summed E-state index contributed by atoms with van der Waals surface area (Å²) in [4.78, 5) is 0. The average Bonchev–Trinajstić information content (AvgIpc) is 2.58. The van der Waals surface area contributed by atoms with Crippen molar-refractivity contribution in [1.29, 1.82) is 0 Å². The number of fused-ring (bicyclic) bond motifs is 1. The zero-order valence-electron chi connectivity index (χ0n) is 14.2. The van der Waals surface area contributed by atoms with Gasteiger partial charge in [0.15, 0.2) is 8.32 Å². The van der Waals surface area contributed by atoms with Crippen LogP contribution in [0.4, 0.5) is 0 Å². The van der Waals surface area contributed by atoms with Crippen molar-refractivity contribution >= 4 is 16.6 Å². The van der Waals surface area contributed by atoms with Crippen LogP contribution in [0.2, 0.25) is 26.2 Å². The molecule has 2 aliphatic rings. The van der Waals surface area contributed by atoms with Crippen molar-refractivity contribution in [3.8, 4) is 0 Å². The first-order chi connectivity index (χ1) is 8.98. The molecule has 1 N–H and O–H groups in total. The summed E-state index contributed by atoms with van der Waals surface area (Å²) >= 11 is 0. The van der Waals surface area contributed by atoms with Gasteiger partial charge in [-0.05, 0) is 70.4 Å². The second-order valence-electron chi connectivity index (χ2n) is 7.86. The molecule has 0 saturated carbocycles. The summed E-state index contributed by atoms with van der Waals surface area (Å²) in [6, 6.07) is 0. The molecule has 0 aromatic carbocycles. The largest absolute Gasteiger partial charge is 0.408 e. The van der Waals surface area contributed by atoms with Crippen molar-refractivity contribution in [2.45, 2.75) is 65.5 Å². The molecule has 2 atom stereocenters. The van der Waals surface area contributed by atoms with Crippen LogP contribution >= 0.6 is 0 Å². The third kappa shape index (κ3) is 3.11. The quantitative estimate of drug-likeness (QED) is 0.788. The van der Waals surface area contributed by atoms with E-state index < -0.39 is 16.6 Å². The molecular weight excluding hydrogens is 282 g/mol. The molecule has 0 amide bonds. The van der Waals surface area contributed by atoms with Crippen LogP contribution in [0.3, 0.4) is 0 Å². The molecule has 114 valence electrons. The van der Waals surface area contributed by atoms with Crippen molar-refractivity contribution in [2.24, 2.45) is 0 Å². The summed E-state index contributed by atoms with van der Waals surface area (Å²) in [6.07, 6.45) is 2.43. The highest BCUT2D eigenvalue weighted by molar-refractivity contribution is 7.02. The van der Waals surface area contributed by atoms with Crippen molar-refractivity contribution < 1.29 is 8.85 Å². The van der Waals surface area contributed by atoms with Crippen LogP contribution < -0.4 is 5.32 Å². The fourth-order valence-electron chi connectivity index (χ4n) is 2.85. The maximum atomic E-state index is 6.34. The highest BCUT2D eigenvalue weighted by Crippen LogP contribution is 2.54. The van der Waals surface area contributed by atoms with Gasteiger partial charge in [0, 0.05) is 17.8 Å². The topological polar surface area (TPSA) is 30.5 Å². The SMILES string of the molecule is CCO[Si]1(C)C2=CC(O[Si](C)(C)C)C(NC(C)(C)C)=C21. The van der Waals surface area contributed by atoms with Gasteiger partial charge in [0.05, 0.1) is 0 Å². The molecule has 1 saturated heterocycles. The second kappa shape index (κ2) is 4.83. The summed E-state index contributed by atoms with van der Waals surface area (Å²) in [7, 11) is -3.28. The van der Waals surface area contributed by atoms with Crippen LogP contribution in [-0.2, 0) is 8.85 Å². The van der Waals surface area contributed by atoms with E-state index in [1.807, 2.05) is 0 Å². The van der Waals surface area contributed by atoms with Crippen molar-refractivity contribution in [2.75, 3.05) is 6.61 Å². The lowest BCUT2D eigenvalue weighted by Crippen LogP contribution is -2.43. The zero-order valence-corrected chi connectivity index (χ0v) is 16.2. The van der Waals surface area contributed by atoms with Crippen molar-refractivity contribution in [3.63, 3.8) is 0 Å². The average molecular weight is 312 g/mol. The minimum atomic E-state index is -1.72. The van der Waals surface area contributed by atoms with E-state index in [0.29, 0.717) is 0 Å². The molecule has 0 aromatic rings. The Labute approximate surface area is 125 Å². The Kier molecular flexibility index (Phi) is 3.87. The number of hydrogen-bond donors (Lipinski definition) is 1. The van der Waals surface area contributed by atoms with Crippen LogP contribution in [0.15, 0.2) is 22.2 Å². The van der Waals surface area contributed by atoms with E-state index in [9.17, 15) is 0 Å². The van der Waals surface area contributed by atoms with Crippen molar-refractivity contribution in [3.05, 3.63) is 22.2 Å². The summed E-state index contributed by atoms with van der Waals surface area (Å²) in [6.45, 7) is 18.5. The summed E-state index contributed by atoms with van der Waals surface area (Å²) < 4.78 is 12.4. The third-order valence-electron chi connectivity index (χ3n) is 3.49. The maximum absolute atomic E-state index is 6.34. The fourth-order valence-corrected chi connectivity index (χ4v) is 7.37. The Morgan fingerprint density at radius 3 is 2.35 bits per heavy atom. The lowest BCUT2D eigenvalue weighted by Gasteiger charge is -2.31. The molecule has 5 heteroatoms. The molecule has 0 aromatic heterocycles. The molecule has 20 heavy (non-hydrogen) atoms. The van der Waals surface area contributed by atoms with Crippen LogP contribution in [0.1, 0.15) is 27.7 Å². The second-order valence-corrected chi connectivity index (χ2v) is 15.7. The molecule has 1 heterocycles. The Hall–Kier alpha value is -0.366. The standard InChI is InChI=1S/C15H29NO2Si2/c1-9-17-20(8)12-10-11(18-19(5,6)7)13(14(12)20)16-15(2,3)4/h10-11,16H,9H2,1-8H3. The first-order valence-electron chi connectivity index (χ1n) is 7.55. The Balaban J connectivity index is 2.26. The van der Waals surface area contributed by atoms with E-state index in [-0.39, 0.29) is 11.6 Å². The van der Waals surface area contributed by atoms with Gasteiger partial charge in [0.2, 0.25) is 0 Å². The van der Waals surface area contributed by atoms with Gasteiger partial charge in [-0.1, -0.05) is 0 Å². The van der Waals surface area contributed by atoms with Crippen LogP contribution in [0.5, 0.6) is 0 Å². The minimum absolute atomic E-state index is 0.0524. The van der Waals surface area contributed by atoms with Crippen LogP contribution in [0.25, 0.3) is 0 Å². The van der Waals surface area contributed by atoms with Crippen LogP contribution in [-0.4, -0.2) is 34.9 Å². The number of allylic oxidation sites excluding steroid dienone is 2. The fraction of sp³-hybridized carbons (Fsp3) is 0.733. The normalized spacial score (nSPS) is 29.4. The first-order valence-corrected chi connectivity index (χ1v) is 13.4. The summed E-state index contributed by atoms with van der Waals surface area (Å²) in [5.41, 5.74) is 1.33. The van der Waals surface area contributed by atoms with E-state index in [4.69, 9.17) is 8.85 Å². The van der Waals surface area contributed by atoms with Gasteiger partial charge in [-0.2, -0.15) is 0 Å². The van der Waals surface area contributed by atoms with E-state index in [1.165, 1.54) is 16.1 Å². The molecule has 1 aliphatic carbocycles. The Morgan fingerprint density at radius 2 is 1.90 bits per heavy atom. The van der Waals surface area contributed by atoms with Gasteiger partial charge in [0.25, 0.3) is 8.32 Å². The molecule has 0 bridgehead atoms. The third-order valence-corrected chi connectivity index (χ3v) is 8.01. The summed E-state index contributed by atoms with van der Waals surface area (Å²) in [5, 5.41) is 6.58. The van der Waals surface area contributed by atoms with Gasteiger partial charge in [0.1, 0.15) is 6.10 Å². The highest BCUT2D eigenvalue weighted by atomic mass is 28.4. The monoisotopic (exact) mass is 311 g/mol.